The number of ether oxygens (including phenoxy) is 1. The summed E-state index contributed by atoms with van der Waals surface area (Å²) in [5.74, 6) is -1.20. The van der Waals surface area contributed by atoms with Crippen molar-refractivity contribution in [2.24, 2.45) is 0 Å². The smallest absolute Gasteiger partial charge is 0.340 e. The van der Waals surface area contributed by atoms with Crippen molar-refractivity contribution in [1.29, 1.82) is 0 Å². The van der Waals surface area contributed by atoms with Gasteiger partial charge in [0.2, 0.25) is 0 Å². The van der Waals surface area contributed by atoms with E-state index in [0.717, 1.165) is 5.56 Å². The summed E-state index contributed by atoms with van der Waals surface area (Å²) in [5.41, 5.74) is 1.04. The van der Waals surface area contributed by atoms with Gasteiger partial charge in [0, 0.05) is 11.4 Å². The second-order valence-electron chi connectivity index (χ2n) is 5.88. The Labute approximate surface area is 161 Å². The van der Waals surface area contributed by atoms with Gasteiger partial charge in [-0.2, -0.15) is 0 Å². The van der Waals surface area contributed by atoms with Crippen molar-refractivity contribution in [2.75, 3.05) is 5.75 Å². The van der Waals surface area contributed by atoms with Crippen LogP contribution in [0.1, 0.15) is 29.8 Å². The lowest BCUT2D eigenvalue weighted by molar-refractivity contribution is -0.129. The summed E-state index contributed by atoms with van der Waals surface area (Å²) in [4.78, 5) is 36.3. The summed E-state index contributed by atoms with van der Waals surface area (Å²) < 4.78 is 18.1. The number of rotatable bonds is 8. The molecule has 0 spiro atoms. The number of thioether (sulfide) groups is 1. The fourth-order valence-corrected chi connectivity index (χ4v) is 2.99. The van der Waals surface area contributed by atoms with Gasteiger partial charge in [0.15, 0.2) is 6.10 Å². The molecule has 1 atom stereocenters. The number of hydrogen-bond acceptors (Lipinski definition) is 5. The number of carbonyl (C=O) groups excluding carboxylic acids is 3. The third-order valence-electron chi connectivity index (χ3n) is 3.57. The van der Waals surface area contributed by atoms with Crippen molar-refractivity contribution in [3.05, 3.63) is 65.5 Å². The van der Waals surface area contributed by atoms with Crippen LogP contribution in [-0.2, 0) is 20.9 Å². The molecule has 2 aromatic rings. The molecule has 0 saturated carbocycles. The molecule has 0 bridgehead atoms. The van der Waals surface area contributed by atoms with Crippen molar-refractivity contribution in [3.8, 4) is 0 Å². The first kappa shape index (κ1) is 20.6. The van der Waals surface area contributed by atoms with E-state index in [9.17, 15) is 18.8 Å². The monoisotopic (exact) mass is 389 g/mol. The van der Waals surface area contributed by atoms with E-state index in [4.69, 9.17) is 4.74 Å². The van der Waals surface area contributed by atoms with Crippen LogP contribution in [0.3, 0.4) is 0 Å². The number of Topliss-reactive ketones (excluding diaryl/α,β-unsaturated/α-hetero) is 1. The summed E-state index contributed by atoms with van der Waals surface area (Å²) in [7, 11) is 0. The van der Waals surface area contributed by atoms with Crippen LogP contribution in [0.4, 0.5) is 4.39 Å². The molecule has 2 rings (SSSR count). The van der Waals surface area contributed by atoms with Crippen LogP contribution in [0.15, 0.2) is 53.4 Å². The van der Waals surface area contributed by atoms with Crippen molar-refractivity contribution >= 4 is 29.4 Å². The van der Waals surface area contributed by atoms with Crippen molar-refractivity contribution < 1.29 is 23.5 Å². The number of nitrogens with one attached hydrogen (secondary N) is 1. The third kappa shape index (κ3) is 6.53. The molecule has 0 saturated heterocycles. The number of ketones is 1. The summed E-state index contributed by atoms with van der Waals surface area (Å²) in [6.07, 6.45) is -0.996. The highest BCUT2D eigenvalue weighted by atomic mass is 32.2. The Morgan fingerprint density at radius 2 is 1.78 bits per heavy atom. The Hall–Kier alpha value is -2.67. The molecule has 0 heterocycles. The molecule has 0 unspecified atom stereocenters. The Balaban J connectivity index is 1.93. The van der Waals surface area contributed by atoms with Gasteiger partial charge in [-0.05, 0) is 43.7 Å². The van der Waals surface area contributed by atoms with E-state index in [1.165, 1.54) is 37.7 Å². The normalized spacial score (nSPS) is 11.5. The van der Waals surface area contributed by atoms with Gasteiger partial charge < -0.3 is 10.1 Å². The van der Waals surface area contributed by atoms with Gasteiger partial charge in [-0.1, -0.05) is 24.3 Å². The first-order chi connectivity index (χ1) is 12.9. The predicted molar refractivity (Wildman–Crippen MR) is 101 cm³/mol. The maximum Gasteiger partial charge on any atom is 0.340 e. The Bertz CT molecular complexity index is 823. The van der Waals surface area contributed by atoms with Gasteiger partial charge in [-0.3, -0.25) is 9.59 Å². The minimum atomic E-state index is -0.996. The Kier molecular flexibility index (Phi) is 7.55. The number of carbonyl (C=O) groups is 3. The number of esters is 1. The summed E-state index contributed by atoms with van der Waals surface area (Å²) in [6, 6.07) is 12.5. The molecule has 5 nitrogen and oxygen atoms in total. The zero-order valence-electron chi connectivity index (χ0n) is 15.0. The molecule has 1 amide bonds. The lowest BCUT2D eigenvalue weighted by atomic mass is 10.2. The quantitative estimate of drug-likeness (QED) is 0.554. The van der Waals surface area contributed by atoms with E-state index >= 15 is 0 Å². The van der Waals surface area contributed by atoms with Crippen LogP contribution in [0.25, 0.3) is 0 Å². The lowest BCUT2D eigenvalue weighted by Gasteiger charge is -2.15. The highest BCUT2D eigenvalue weighted by molar-refractivity contribution is 8.00. The molecule has 0 aliphatic rings. The summed E-state index contributed by atoms with van der Waals surface area (Å²) in [6.45, 7) is 3.15. The lowest BCUT2D eigenvalue weighted by Crippen LogP contribution is -2.35. The van der Waals surface area contributed by atoms with E-state index in [1.807, 2.05) is 0 Å². The van der Waals surface area contributed by atoms with Crippen molar-refractivity contribution in [3.63, 3.8) is 0 Å². The van der Waals surface area contributed by atoms with Crippen LogP contribution < -0.4 is 5.32 Å². The Morgan fingerprint density at radius 1 is 1.11 bits per heavy atom. The first-order valence-corrected chi connectivity index (χ1v) is 9.29. The maximum atomic E-state index is 12.9. The molecule has 142 valence electrons. The highest BCUT2D eigenvalue weighted by Crippen LogP contribution is 2.23. The topological polar surface area (TPSA) is 72.5 Å². The molecule has 0 aromatic heterocycles. The van der Waals surface area contributed by atoms with E-state index in [1.54, 1.807) is 36.4 Å². The second kappa shape index (κ2) is 9.87. The minimum absolute atomic E-state index is 0.00305. The third-order valence-corrected chi connectivity index (χ3v) is 4.79. The van der Waals surface area contributed by atoms with Gasteiger partial charge >= 0.3 is 5.97 Å². The molecule has 2 aromatic carbocycles. The SMILES string of the molecule is CC(=O)CSc1ccccc1C(=O)O[C@@H](C)C(=O)NCc1ccc(F)cc1. The number of halogens is 1. The molecule has 0 radical (unpaired) electrons. The number of hydrogen-bond donors (Lipinski definition) is 1. The average molecular weight is 389 g/mol. The predicted octanol–water partition coefficient (Wildman–Crippen LogP) is 3.37. The molecule has 0 aliphatic heterocycles. The van der Waals surface area contributed by atoms with Crippen LogP contribution in [-0.4, -0.2) is 29.5 Å². The van der Waals surface area contributed by atoms with Crippen LogP contribution >= 0.6 is 11.8 Å². The highest BCUT2D eigenvalue weighted by Gasteiger charge is 2.20. The van der Waals surface area contributed by atoms with Gasteiger partial charge in [0.05, 0.1) is 11.3 Å². The molecule has 7 heteroatoms. The minimum Gasteiger partial charge on any atom is -0.449 e. The fourth-order valence-electron chi connectivity index (χ4n) is 2.15. The summed E-state index contributed by atoms with van der Waals surface area (Å²) >= 11 is 1.25. The average Bonchev–Trinajstić information content (AvgIpc) is 2.65. The van der Waals surface area contributed by atoms with E-state index in [-0.39, 0.29) is 23.9 Å². The van der Waals surface area contributed by atoms with Crippen LogP contribution in [0.2, 0.25) is 0 Å². The van der Waals surface area contributed by atoms with E-state index in [0.29, 0.717) is 10.5 Å². The fraction of sp³-hybridized carbons (Fsp3) is 0.250. The van der Waals surface area contributed by atoms with E-state index in [2.05, 4.69) is 5.32 Å². The largest absolute Gasteiger partial charge is 0.449 e. The van der Waals surface area contributed by atoms with Gasteiger partial charge in [-0.25, -0.2) is 9.18 Å². The van der Waals surface area contributed by atoms with Crippen molar-refractivity contribution in [1.82, 2.24) is 5.32 Å². The summed E-state index contributed by atoms with van der Waals surface area (Å²) in [5, 5.41) is 2.64. The van der Waals surface area contributed by atoms with Gasteiger partial charge in [0.25, 0.3) is 5.91 Å². The Morgan fingerprint density at radius 3 is 2.44 bits per heavy atom. The molecule has 1 N–H and O–H groups in total. The number of benzene rings is 2. The maximum absolute atomic E-state index is 12.9. The standard InChI is InChI=1S/C20H20FNO4S/c1-13(23)12-27-18-6-4-3-5-17(18)20(25)26-14(2)19(24)22-11-15-7-9-16(21)10-8-15/h3-10,14H,11-12H2,1-2H3,(H,22,24)/t14-/m0/s1. The first-order valence-electron chi connectivity index (χ1n) is 8.31. The zero-order chi connectivity index (χ0) is 19.8. The molecule has 27 heavy (non-hydrogen) atoms. The van der Waals surface area contributed by atoms with Crippen LogP contribution in [0, 0.1) is 5.82 Å². The molecular formula is C20H20FNO4S. The van der Waals surface area contributed by atoms with Gasteiger partial charge in [-0.15, -0.1) is 11.8 Å². The van der Waals surface area contributed by atoms with Crippen LogP contribution in [0.5, 0.6) is 0 Å². The van der Waals surface area contributed by atoms with E-state index < -0.39 is 18.0 Å². The van der Waals surface area contributed by atoms with Crippen molar-refractivity contribution in [2.45, 2.75) is 31.4 Å². The number of amides is 1. The molecule has 0 aliphatic carbocycles. The second-order valence-corrected chi connectivity index (χ2v) is 6.90. The molecule has 0 fully saturated rings. The molecular weight excluding hydrogens is 369 g/mol. The van der Waals surface area contributed by atoms with Gasteiger partial charge in [0.1, 0.15) is 11.6 Å². The zero-order valence-corrected chi connectivity index (χ0v) is 15.8.